The quantitative estimate of drug-likeness (QED) is 0.500. The van der Waals surface area contributed by atoms with E-state index in [1.165, 1.54) is 18.4 Å². The molecule has 2 unspecified atom stereocenters. The summed E-state index contributed by atoms with van der Waals surface area (Å²) in [5.41, 5.74) is 3.44. The van der Waals surface area contributed by atoms with E-state index >= 15 is 0 Å². The van der Waals surface area contributed by atoms with Crippen molar-refractivity contribution in [2.24, 2.45) is 0 Å². The molecule has 0 spiro atoms. The first kappa shape index (κ1) is 17.3. The number of para-hydroxylation sites is 1. The minimum atomic E-state index is -0.758. The molecule has 1 N–H and O–H groups in total. The first-order chi connectivity index (χ1) is 14.2. The third-order valence-corrected chi connectivity index (χ3v) is 7.04. The van der Waals surface area contributed by atoms with Gasteiger partial charge in [-0.3, -0.25) is 4.90 Å². The Morgan fingerprint density at radius 2 is 1.52 bits per heavy atom. The van der Waals surface area contributed by atoms with E-state index < -0.39 is 5.60 Å². The van der Waals surface area contributed by atoms with Crippen LogP contribution >= 0.6 is 0 Å². The van der Waals surface area contributed by atoms with Crippen LogP contribution in [0.2, 0.25) is 0 Å². The van der Waals surface area contributed by atoms with Crippen molar-refractivity contribution in [3.8, 4) is 0 Å². The number of benzene rings is 3. The Kier molecular flexibility index (Phi) is 3.84. The predicted molar refractivity (Wildman–Crippen MR) is 116 cm³/mol. The smallest absolute Gasteiger partial charge is 0.135 e. The minimum Gasteiger partial charge on any atom is -0.456 e. The normalized spacial score (nSPS) is 27.1. The number of furan rings is 1. The molecule has 1 aromatic heterocycles. The summed E-state index contributed by atoms with van der Waals surface area (Å²) in [6.45, 7) is 0.984. The van der Waals surface area contributed by atoms with Gasteiger partial charge >= 0.3 is 0 Å². The maximum Gasteiger partial charge on any atom is 0.135 e. The van der Waals surface area contributed by atoms with Gasteiger partial charge in [0.25, 0.3) is 0 Å². The summed E-state index contributed by atoms with van der Waals surface area (Å²) in [6, 6.07) is 26.0. The highest BCUT2D eigenvalue weighted by Crippen LogP contribution is 2.47. The molecule has 29 heavy (non-hydrogen) atoms. The minimum absolute atomic E-state index is 0.441. The molecule has 0 aliphatic carbocycles. The summed E-state index contributed by atoms with van der Waals surface area (Å²) in [5, 5.41) is 13.9. The first-order valence-electron chi connectivity index (χ1n) is 10.6. The molecule has 2 aliphatic heterocycles. The van der Waals surface area contributed by atoms with Crippen molar-refractivity contribution in [2.45, 2.75) is 49.9 Å². The topological polar surface area (TPSA) is 36.6 Å². The summed E-state index contributed by atoms with van der Waals surface area (Å²) in [7, 11) is 0. The molecule has 2 bridgehead atoms. The van der Waals surface area contributed by atoms with E-state index in [2.05, 4.69) is 53.4 Å². The number of nitrogens with zero attached hydrogens (tertiary/aromatic N) is 1. The fraction of sp³-hybridized carbons (Fsp3) is 0.308. The maximum absolute atomic E-state index is 11.7. The Balaban J connectivity index is 1.33. The van der Waals surface area contributed by atoms with Gasteiger partial charge < -0.3 is 9.52 Å². The van der Waals surface area contributed by atoms with E-state index in [9.17, 15) is 5.11 Å². The molecular formula is C26H25NO2. The zero-order chi connectivity index (χ0) is 19.4. The summed E-state index contributed by atoms with van der Waals surface area (Å²) < 4.78 is 5.98. The van der Waals surface area contributed by atoms with Gasteiger partial charge in [-0.1, -0.05) is 54.6 Å². The Hall–Kier alpha value is -2.62. The SMILES string of the molecule is OC1(c2ccc3oc4ccccc4c3c2)CC2CCC(C1)N2Cc1ccccc1. The number of aliphatic hydroxyl groups is 1. The van der Waals surface area contributed by atoms with Gasteiger partial charge in [-0.15, -0.1) is 0 Å². The van der Waals surface area contributed by atoms with Gasteiger partial charge in [0.15, 0.2) is 0 Å². The Morgan fingerprint density at radius 1 is 0.828 bits per heavy atom. The number of rotatable bonds is 3. The molecule has 3 heteroatoms. The lowest BCUT2D eigenvalue weighted by Gasteiger charge is -2.44. The molecule has 3 nitrogen and oxygen atoms in total. The fourth-order valence-electron chi connectivity index (χ4n) is 5.62. The zero-order valence-electron chi connectivity index (χ0n) is 16.4. The molecule has 0 amide bonds. The molecule has 2 aliphatic rings. The van der Waals surface area contributed by atoms with Crippen LogP contribution in [0, 0.1) is 0 Å². The van der Waals surface area contributed by atoms with E-state index in [0.29, 0.717) is 12.1 Å². The van der Waals surface area contributed by atoms with Crippen LogP contribution < -0.4 is 0 Å². The Morgan fingerprint density at radius 3 is 2.31 bits per heavy atom. The predicted octanol–water partition coefficient (Wildman–Crippen LogP) is 5.60. The molecule has 3 aromatic carbocycles. The highest BCUT2D eigenvalue weighted by atomic mass is 16.3. The van der Waals surface area contributed by atoms with E-state index in [1.54, 1.807) is 0 Å². The molecule has 146 valence electrons. The Bertz CT molecular complexity index is 1170. The van der Waals surface area contributed by atoms with Crippen LogP contribution in [0.25, 0.3) is 21.9 Å². The molecule has 0 radical (unpaired) electrons. The second kappa shape index (κ2) is 6.45. The van der Waals surface area contributed by atoms with Crippen molar-refractivity contribution in [1.82, 2.24) is 4.90 Å². The van der Waals surface area contributed by atoms with Crippen LogP contribution in [-0.4, -0.2) is 22.1 Å². The van der Waals surface area contributed by atoms with E-state index in [0.717, 1.165) is 46.9 Å². The van der Waals surface area contributed by atoms with Crippen LogP contribution in [0.1, 0.15) is 36.8 Å². The standard InChI is InChI=1S/C26H25NO2/c28-26(19-10-13-25-23(14-19)22-8-4-5-9-24(22)29-25)15-20-11-12-21(16-26)27(20)17-18-6-2-1-3-7-18/h1-10,13-14,20-21,28H,11-12,15-17H2. The lowest BCUT2D eigenvalue weighted by atomic mass is 9.80. The van der Waals surface area contributed by atoms with Crippen molar-refractivity contribution in [3.63, 3.8) is 0 Å². The maximum atomic E-state index is 11.7. The van der Waals surface area contributed by atoms with E-state index in [1.807, 2.05) is 24.3 Å². The molecule has 2 saturated heterocycles. The number of hydrogen-bond acceptors (Lipinski definition) is 3. The molecule has 2 atom stereocenters. The molecule has 6 rings (SSSR count). The van der Waals surface area contributed by atoms with Crippen molar-refractivity contribution in [2.75, 3.05) is 0 Å². The van der Waals surface area contributed by atoms with Gasteiger partial charge in [0, 0.05) is 29.4 Å². The summed E-state index contributed by atoms with van der Waals surface area (Å²) >= 11 is 0. The summed E-state index contributed by atoms with van der Waals surface area (Å²) in [5.74, 6) is 0. The molecule has 2 fully saturated rings. The van der Waals surface area contributed by atoms with Gasteiger partial charge in [0.1, 0.15) is 11.2 Å². The van der Waals surface area contributed by atoms with Crippen molar-refractivity contribution < 1.29 is 9.52 Å². The highest BCUT2D eigenvalue weighted by molar-refractivity contribution is 6.05. The second-order valence-corrected chi connectivity index (χ2v) is 8.79. The second-order valence-electron chi connectivity index (χ2n) is 8.79. The third kappa shape index (κ3) is 2.80. The number of hydrogen-bond donors (Lipinski definition) is 1. The van der Waals surface area contributed by atoms with Crippen LogP contribution in [0.5, 0.6) is 0 Å². The van der Waals surface area contributed by atoms with Crippen molar-refractivity contribution >= 4 is 21.9 Å². The number of fused-ring (bicyclic) bond motifs is 5. The largest absolute Gasteiger partial charge is 0.456 e. The van der Waals surface area contributed by atoms with Crippen LogP contribution in [0.15, 0.2) is 77.2 Å². The molecule has 0 saturated carbocycles. The van der Waals surface area contributed by atoms with Gasteiger partial charge in [0.05, 0.1) is 5.60 Å². The van der Waals surface area contributed by atoms with Gasteiger partial charge in [-0.25, -0.2) is 0 Å². The third-order valence-electron chi connectivity index (χ3n) is 7.04. The van der Waals surface area contributed by atoms with E-state index in [4.69, 9.17) is 4.42 Å². The first-order valence-corrected chi connectivity index (χ1v) is 10.6. The van der Waals surface area contributed by atoms with Crippen LogP contribution in [0.4, 0.5) is 0 Å². The average Bonchev–Trinajstić information content (AvgIpc) is 3.23. The lowest BCUT2D eigenvalue weighted by Crippen LogP contribution is -2.49. The Labute approximate surface area is 170 Å². The molecule has 3 heterocycles. The van der Waals surface area contributed by atoms with Gasteiger partial charge in [0.2, 0.25) is 0 Å². The molecular weight excluding hydrogens is 358 g/mol. The summed E-state index contributed by atoms with van der Waals surface area (Å²) in [6.07, 6.45) is 3.96. The van der Waals surface area contributed by atoms with Crippen LogP contribution in [0.3, 0.4) is 0 Å². The zero-order valence-corrected chi connectivity index (χ0v) is 16.4. The number of piperidine rings is 1. The lowest BCUT2D eigenvalue weighted by molar-refractivity contribution is -0.0594. The highest BCUT2D eigenvalue weighted by Gasteiger charge is 2.48. The van der Waals surface area contributed by atoms with E-state index in [-0.39, 0.29) is 0 Å². The van der Waals surface area contributed by atoms with Gasteiger partial charge in [-0.05, 0) is 55.0 Å². The molecule has 4 aromatic rings. The summed E-state index contributed by atoms with van der Waals surface area (Å²) in [4.78, 5) is 2.62. The van der Waals surface area contributed by atoms with Crippen molar-refractivity contribution in [3.05, 3.63) is 83.9 Å². The van der Waals surface area contributed by atoms with Gasteiger partial charge in [-0.2, -0.15) is 0 Å². The monoisotopic (exact) mass is 383 g/mol. The van der Waals surface area contributed by atoms with Crippen LogP contribution in [-0.2, 0) is 12.1 Å². The average molecular weight is 383 g/mol. The fourth-order valence-corrected chi connectivity index (χ4v) is 5.62. The van der Waals surface area contributed by atoms with Crippen molar-refractivity contribution in [1.29, 1.82) is 0 Å².